The van der Waals surface area contributed by atoms with Crippen LogP contribution in [0.2, 0.25) is 0 Å². The molecule has 1 atom stereocenters. The second-order valence-electron chi connectivity index (χ2n) is 4.30. The highest BCUT2D eigenvalue weighted by molar-refractivity contribution is 14.1. The fraction of sp³-hybridized carbons (Fsp3) is 0.250. The van der Waals surface area contributed by atoms with Gasteiger partial charge in [-0.2, -0.15) is 5.10 Å². The Kier molecular flexibility index (Phi) is 3.74. The van der Waals surface area contributed by atoms with Crippen LogP contribution >= 0.6 is 22.6 Å². The summed E-state index contributed by atoms with van der Waals surface area (Å²) in [6, 6.07) is 5.03. The average molecular weight is 372 g/mol. The van der Waals surface area contributed by atoms with Crippen molar-refractivity contribution in [2.45, 2.75) is 19.9 Å². The molecular formula is C12H13IN4O2. The Balaban J connectivity index is 2.45. The molecule has 100 valence electrons. The molecule has 0 saturated carbocycles. The standard InChI is InChI=1S/C12H13IN4O2/c1-7-3-4-9(5-11(7)17(18)19)8(2)16-12(14)10(13)6-15-16/h3-6,8H,14H2,1-2H3. The van der Waals surface area contributed by atoms with Crippen LogP contribution in [0.25, 0.3) is 0 Å². The number of aryl methyl sites for hydroxylation is 1. The van der Waals surface area contributed by atoms with Crippen LogP contribution in [0.1, 0.15) is 24.1 Å². The third-order valence-corrected chi connectivity index (χ3v) is 3.90. The summed E-state index contributed by atoms with van der Waals surface area (Å²) in [7, 11) is 0. The molecule has 2 N–H and O–H groups in total. The van der Waals surface area contributed by atoms with Crippen LogP contribution in [-0.4, -0.2) is 14.7 Å². The minimum absolute atomic E-state index is 0.116. The van der Waals surface area contributed by atoms with Crippen LogP contribution in [0.3, 0.4) is 0 Å². The minimum atomic E-state index is -0.373. The van der Waals surface area contributed by atoms with Crippen molar-refractivity contribution in [3.05, 3.63) is 49.2 Å². The maximum atomic E-state index is 11.0. The summed E-state index contributed by atoms with van der Waals surface area (Å²) in [6.07, 6.45) is 1.68. The summed E-state index contributed by atoms with van der Waals surface area (Å²) in [5, 5.41) is 15.2. The lowest BCUT2D eigenvalue weighted by Gasteiger charge is -2.14. The zero-order valence-electron chi connectivity index (χ0n) is 10.5. The summed E-state index contributed by atoms with van der Waals surface area (Å²) in [5.41, 5.74) is 7.49. The Labute approximate surface area is 123 Å². The SMILES string of the molecule is Cc1ccc(C(C)n2ncc(I)c2N)cc1[N+](=O)[O-]. The second kappa shape index (κ2) is 5.16. The highest BCUT2D eigenvalue weighted by Crippen LogP contribution is 2.27. The van der Waals surface area contributed by atoms with Crippen LogP contribution in [0, 0.1) is 20.6 Å². The monoisotopic (exact) mass is 372 g/mol. The van der Waals surface area contributed by atoms with Crippen LogP contribution < -0.4 is 5.73 Å². The molecule has 0 aliphatic rings. The number of hydrogen-bond donors (Lipinski definition) is 1. The van der Waals surface area contributed by atoms with Gasteiger partial charge in [0.15, 0.2) is 0 Å². The number of nitrogens with two attached hydrogens (primary N) is 1. The van der Waals surface area contributed by atoms with E-state index in [1.54, 1.807) is 29.9 Å². The Bertz CT molecular complexity index is 639. The molecule has 0 spiro atoms. The third kappa shape index (κ3) is 2.55. The van der Waals surface area contributed by atoms with E-state index < -0.39 is 0 Å². The Morgan fingerprint density at radius 3 is 2.74 bits per heavy atom. The number of anilines is 1. The van der Waals surface area contributed by atoms with E-state index in [1.807, 2.05) is 13.0 Å². The molecule has 19 heavy (non-hydrogen) atoms. The van der Waals surface area contributed by atoms with Crippen molar-refractivity contribution in [1.29, 1.82) is 0 Å². The van der Waals surface area contributed by atoms with Gasteiger partial charge in [0.1, 0.15) is 5.82 Å². The zero-order chi connectivity index (χ0) is 14.2. The summed E-state index contributed by atoms with van der Waals surface area (Å²) < 4.78 is 2.53. The number of benzene rings is 1. The van der Waals surface area contributed by atoms with Crippen molar-refractivity contribution in [3.8, 4) is 0 Å². The average Bonchev–Trinajstić information content (AvgIpc) is 2.69. The topological polar surface area (TPSA) is 87.0 Å². The van der Waals surface area contributed by atoms with Gasteiger partial charge in [-0.05, 0) is 42.0 Å². The van der Waals surface area contributed by atoms with E-state index in [0.29, 0.717) is 11.4 Å². The first kappa shape index (κ1) is 13.8. The number of rotatable bonds is 3. The van der Waals surface area contributed by atoms with Crippen LogP contribution in [0.4, 0.5) is 11.5 Å². The van der Waals surface area contributed by atoms with E-state index in [-0.39, 0.29) is 16.7 Å². The first-order chi connectivity index (χ1) is 8.91. The molecule has 0 aliphatic carbocycles. The van der Waals surface area contributed by atoms with Gasteiger partial charge in [-0.15, -0.1) is 0 Å². The van der Waals surface area contributed by atoms with E-state index in [9.17, 15) is 10.1 Å². The summed E-state index contributed by atoms with van der Waals surface area (Å²) in [4.78, 5) is 10.6. The van der Waals surface area contributed by atoms with Gasteiger partial charge in [-0.3, -0.25) is 10.1 Å². The molecule has 1 aromatic heterocycles. The number of halogens is 1. The molecule has 7 heteroatoms. The van der Waals surface area contributed by atoms with Gasteiger partial charge in [0.2, 0.25) is 0 Å². The highest BCUT2D eigenvalue weighted by Gasteiger charge is 2.18. The fourth-order valence-electron chi connectivity index (χ4n) is 1.88. The van der Waals surface area contributed by atoms with Crippen molar-refractivity contribution in [1.82, 2.24) is 9.78 Å². The van der Waals surface area contributed by atoms with Crippen LogP contribution in [-0.2, 0) is 0 Å². The fourth-order valence-corrected chi connectivity index (χ4v) is 2.26. The smallest absolute Gasteiger partial charge is 0.272 e. The number of nitro benzene ring substituents is 1. The van der Waals surface area contributed by atoms with E-state index in [4.69, 9.17) is 5.73 Å². The summed E-state index contributed by atoms with van der Waals surface area (Å²) in [6.45, 7) is 3.63. The molecule has 6 nitrogen and oxygen atoms in total. The van der Waals surface area contributed by atoms with Crippen molar-refractivity contribution in [3.63, 3.8) is 0 Å². The highest BCUT2D eigenvalue weighted by atomic mass is 127. The normalized spacial score (nSPS) is 12.4. The quantitative estimate of drug-likeness (QED) is 0.510. The molecule has 1 unspecified atom stereocenters. The van der Waals surface area contributed by atoms with Gasteiger partial charge in [0, 0.05) is 11.6 Å². The van der Waals surface area contributed by atoms with E-state index >= 15 is 0 Å². The molecule has 0 amide bonds. The largest absolute Gasteiger partial charge is 0.383 e. The van der Waals surface area contributed by atoms with Gasteiger partial charge < -0.3 is 5.73 Å². The van der Waals surface area contributed by atoms with Crippen LogP contribution in [0.15, 0.2) is 24.4 Å². The number of nitrogen functional groups attached to an aromatic ring is 1. The molecule has 1 heterocycles. The lowest BCUT2D eigenvalue weighted by molar-refractivity contribution is -0.385. The second-order valence-corrected chi connectivity index (χ2v) is 5.46. The number of nitro groups is 1. The van der Waals surface area contributed by atoms with E-state index in [1.165, 1.54) is 0 Å². The molecule has 1 aromatic carbocycles. The van der Waals surface area contributed by atoms with Gasteiger partial charge in [0.25, 0.3) is 5.69 Å². The molecule has 0 fully saturated rings. The number of nitrogens with zero attached hydrogens (tertiary/aromatic N) is 3. The maximum Gasteiger partial charge on any atom is 0.272 e. The third-order valence-electron chi connectivity index (χ3n) is 3.07. The lowest BCUT2D eigenvalue weighted by Crippen LogP contribution is -2.12. The lowest BCUT2D eigenvalue weighted by atomic mass is 10.0. The van der Waals surface area contributed by atoms with Crippen LogP contribution in [0.5, 0.6) is 0 Å². The number of aromatic nitrogens is 2. The first-order valence-corrected chi connectivity index (χ1v) is 6.73. The first-order valence-electron chi connectivity index (χ1n) is 5.65. The Morgan fingerprint density at radius 2 is 2.21 bits per heavy atom. The Morgan fingerprint density at radius 1 is 1.53 bits per heavy atom. The van der Waals surface area contributed by atoms with E-state index in [2.05, 4.69) is 27.7 Å². The van der Waals surface area contributed by atoms with Crippen molar-refractivity contribution >= 4 is 34.1 Å². The Hall–Kier alpha value is -1.64. The summed E-state index contributed by atoms with van der Waals surface area (Å²) in [5.74, 6) is 0.566. The van der Waals surface area contributed by atoms with E-state index in [0.717, 1.165) is 9.13 Å². The van der Waals surface area contributed by atoms with Gasteiger partial charge in [0.05, 0.1) is 20.7 Å². The predicted molar refractivity (Wildman–Crippen MR) is 81.0 cm³/mol. The number of hydrogen-bond acceptors (Lipinski definition) is 4. The van der Waals surface area contributed by atoms with Crippen molar-refractivity contribution in [2.24, 2.45) is 0 Å². The molecule has 0 aliphatic heterocycles. The van der Waals surface area contributed by atoms with Gasteiger partial charge in [-0.1, -0.05) is 12.1 Å². The maximum absolute atomic E-state index is 11.0. The minimum Gasteiger partial charge on any atom is -0.383 e. The molecule has 0 bridgehead atoms. The molecule has 0 radical (unpaired) electrons. The zero-order valence-corrected chi connectivity index (χ0v) is 12.7. The predicted octanol–water partition coefficient (Wildman–Crippen LogP) is 2.90. The molecule has 2 aromatic rings. The van der Waals surface area contributed by atoms with Crippen molar-refractivity contribution < 1.29 is 4.92 Å². The molecule has 2 rings (SSSR count). The summed E-state index contributed by atoms with van der Waals surface area (Å²) >= 11 is 2.10. The molecule has 0 saturated heterocycles. The van der Waals surface area contributed by atoms with Crippen molar-refractivity contribution in [2.75, 3.05) is 5.73 Å². The van der Waals surface area contributed by atoms with Gasteiger partial charge >= 0.3 is 0 Å². The van der Waals surface area contributed by atoms with Gasteiger partial charge in [-0.25, -0.2) is 4.68 Å². The molecular weight excluding hydrogens is 359 g/mol.